The molecule has 0 radical (unpaired) electrons. The number of hydrogen-bond donors (Lipinski definition) is 2. The van der Waals surface area contributed by atoms with Crippen LogP contribution >= 0.6 is 0 Å². The van der Waals surface area contributed by atoms with E-state index in [1.54, 1.807) is 0 Å². The van der Waals surface area contributed by atoms with Gasteiger partial charge in [-0.25, -0.2) is 0 Å². The summed E-state index contributed by atoms with van der Waals surface area (Å²) in [6.07, 6.45) is 1.18. The highest BCUT2D eigenvalue weighted by Crippen LogP contribution is 2.22. The molecule has 0 spiro atoms. The lowest BCUT2D eigenvalue weighted by Gasteiger charge is -2.35. The van der Waals surface area contributed by atoms with Gasteiger partial charge in [-0.05, 0) is 42.8 Å². The number of anilines is 1. The van der Waals surface area contributed by atoms with E-state index in [0.717, 1.165) is 43.1 Å². The summed E-state index contributed by atoms with van der Waals surface area (Å²) in [4.78, 5) is 20.6. The quantitative estimate of drug-likeness (QED) is 0.634. The molecule has 1 aromatic heterocycles. The lowest BCUT2D eigenvalue weighted by atomic mass is 10.1. The van der Waals surface area contributed by atoms with Crippen molar-refractivity contribution < 1.29 is 4.79 Å². The number of aromatic amines is 1. The maximum absolute atomic E-state index is 12.5. The number of aryl methyl sites for hydroxylation is 1. The highest BCUT2D eigenvalue weighted by molar-refractivity contribution is 5.76. The van der Waals surface area contributed by atoms with Crippen molar-refractivity contribution in [2.45, 2.75) is 19.4 Å². The van der Waals surface area contributed by atoms with E-state index in [1.165, 1.54) is 11.3 Å². The Morgan fingerprint density at radius 3 is 2.47 bits per heavy atom. The fraction of sp³-hybridized carbons (Fsp3) is 0.320. The van der Waals surface area contributed by atoms with Crippen LogP contribution in [-0.4, -0.2) is 49.0 Å². The summed E-state index contributed by atoms with van der Waals surface area (Å²) in [5.41, 5.74) is 5.76. The van der Waals surface area contributed by atoms with Crippen LogP contribution in [0, 0.1) is 0 Å². The minimum Gasteiger partial charge on any atom is -0.369 e. The van der Waals surface area contributed by atoms with Gasteiger partial charge in [0.15, 0.2) is 0 Å². The largest absolute Gasteiger partial charge is 0.369 e. The summed E-state index contributed by atoms with van der Waals surface area (Å²) < 4.78 is 0. The van der Waals surface area contributed by atoms with Crippen LogP contribution < -0.4 is 10.2 Å². The average molecular weight is 403 g/mol. The summed E-state index contributed by atoms with van der Waals surface area (Å²) in [6.45, 7) is 4.76. The second-order valence-electron chi connectivity index (χ2n) is 7.96. The third-order valence-corrected chi connectivity index (χ3v) is 5.76. The van der Waals surface area contributed by atoms with Crippen molar-refractivity contribution in [1.82, 2.24) is 15.2 Å². The van der Waals surface area contributed by atoms with Gasteiger partial charge in [0, 0.05) is 56.2 Å². The van der Waals surface area contributed by atoms with Crippen molar-refractivity contribution in [1.29, 1.82) is 0 Å². The molecule has 156 valence electrons. The molecular weight excluding hydrogens is 372 g/mol. The topological polar surface area (TPSA) is 51.4 Å². The highest BCUT2D eigenvalue weighted by Gasteiger charge is 2.17. The van der Waals surface area contributed by atoms with Crippen molar-refractivity contribution in [3.63, 3.8) is 0 Å². The van der Waals surface area contributed by atoms with Gasteiger partial charge in [-0.3, -0.25) is 4.79 Å². The number of benzene rings is 2. The number of nitrogens with zero attached hydrogens (tertiary/aromatic N) is 2. The molecule has 0 atom stereocenters. The van der Waals surface area contributed by atoms with Crippen LogP contribution in [0.5, 0.6) is 0 Å². The number of hydrogen-bond acceptors (Lipinski definition) is 3. The second-order valence-corrected chi connectivity index (χ2v) is 7.96. The van der Waals surface area contributed by atoms with E-state index < -0.39 is 0 Å². The average Bonchev–Trinajstić information content (AvgIpc) is 3.27. The molecule has 1 aliphatic rings. The van der Waals surface area contributed by atoms with Crippen molar-refractivity contribution in [2.75, 3.05) is 38.1 Å². The molecule has 5 nitrogen and oxygen atoms in total. The Balaban J connectivity index is 1.29. The highest BCUT2D eigenvalue weighted by atomic mass is 16.1. The van der Waals surface area contributed by atoms with Gasteiger partial charge in [0.05, 0.1) is 0 Å². The predicted octanol–water partition coefficient (Wildman–Crippen LogP) is 3.68. The van der Waals surface area contributed by atoms with Crippen LogP contribution in [0.25, 0.3) is 11.3 Å². The minimum atomic E-state index is 0.0824. The Bertz CT molecular complexity index is 958. The normalized spacial score (nSPS) is 14.6. The summed E-state index contributed by atoms with van der Waals surface area (Å²) in [5, 5.41) is 3.11. The number of nitrogens with one attached hydrogen (secondary N) is 2. The number of amides is 1. The van der Waals surface area contributed by atoms with Gasteiger partial charge in [-0.2, -0.15) is 0 Å². The Kier molecular flexibility index (Phi) is 6.50. The number of carbonyl (C=O) groups excluding carboxylic acids is 1. The summed E-state index contributed by atoms with van der Waals surface area (Å²) >= 11 is 0. The van der Waals surface area contributed by atoms with Crippen molar-refractivity contribution in [3.8, 4) is 11.3 Å². The SMILES string of the molecule is CN1CCN(c2ccccc2CNC(=O)CCc2ccc(-c3ccccc3)[nH]2)CC1. The van der Waals surface area contributed by atoms with E-state index in [1.807, 2.05) is 24.3 Å². The van der Waals surface area contributed by atoms with Gasteiger partial charge in [0.2, 0.25) is 5.91 Å². The fourth-order valence-electron chi connectivity index (χ4n) is 3.92. The molecule has 1 saturated heterocycles. The summed E-state index contributed by atoms with van der Waals surface area (Å²) in [5.74, 6) is 0.0824. The first-order valence-electron chi connectivity index (χ1n) is 10.7. The first kappa shape index (κ1) is 20.2. The second kappa shape index (κ2) is 9.63. The molecule has 1 fully saturated rings. The Hall–Kier alpha value is -3.05. The van der Waals surface area contributed by atoms with E-state index in [9.17, 15) is 4.79 Å². The number of rotatable bonds is 7. The molecule has 2 heterocycles. The molecule has 4 rings (SSSR count). The third kappa shape index (κ3) is 5.10. The molecular formula is C25H30N4O. The van der Waals surface area contributed by atoms with Crippen LogP contribution in [0.1, 0.15) is 17.7 Å². The van der Waals surface area contributed by atoms with E-state index in [0.29, 0.717) is 19.4 Å². The van der Waals surface area contributed by atoms with Crippen LogP contribution in [0.15, 0.2) is 66.7 Å². The number of aromatic nitrogens is 1. The number of piperazine rings is 1. The fourth-order valence-corrected chi connectivity index (χ4v) is 3.92. The summed E-state index contributed by atoms with van der Waals surface area (Å²) in [6, 6.07) is 22.8. The molecule has 0 aliphatic carbocycles. The zero-order chi connectivity index (χ0) is 20.8. The molecule has 1 aliphatic heterocycles. The third-order valence-electron chi connectivity index (χ3n) is 5.76. The van der Waals surface area contributed by atoms with Crippen LogP contribution in [0.4, 0.5) is 5.69 Å². The Labute approximate surface area is 178 Å². The van der Waals surface area contributed by atoms with E-state index >= 15 is 0 Å². The lowest BCUT2D eigenvalue weighted by Crippen LogP contribution is -2.45. The predicted molar refractivity (Wildman–Crippen MR) is 123 cm³/mol. The standard InChI is InChI=1S/C25H30N4O/c1-28-15-17-29(18-16-28)24-10-6-5-9-21(24)19-26-25(30)14-12-22-11-13-23(27-22)20-7-3-2-4-8-20/h2-11,13,27H,12,14-19H2,1H3,(H,26,30). The first-order valence-corrected chi connectivity index (χ1v) is 10.7. The first-order chi connectivity index (χ1) is 14.7. The minimum absolute atomic E-state index is 0.0824. The maximum atomic E-state index is 12.5. The van der Waals surface area contributed by atoms with Crippen molar-refractivity contribution in [2.24, 2.45) is 0 Å². The van der Waals surface area contributed by atoms with Crippen molar-refractivity contribution in [3.05, 3.63) is 78.0 Å². The molecule has 30 heavy (non-hydrogen) atoms. The van der Waals surface area contributed by atoms with E-state index in [-0.39, 0.29) is 5.91 Å². The Morgan fingerprint density at radius 1 is 0.933 bits per heavy atom. The van der Waals surface area contributed by atoms with Gasteiger partial charge in [0.25, 0.3) is 0 Å². The molecule has 3 aromatic rings. The Morgan fingerprint density at radius 2 is 1.67 bits per heavy atom. The molecule has 1 amide bonds. The lowest BCUT2D eigenvalue weighted by molar-refractivity contribution is -0.121. The van der Waals surface area contributed by atoms with E-state index in [2.05, 4.69) is 69.6 Å². The van der Waals surface area contributed by atoms with Gasteiger partial charge in [-0.1, -0.05) is 48.5 Å². The van der Waals surface area contributed by atoms with Gasteiger partial charge in [-0.15, -0.1) is 0 Å². The number of H-pyrrole nitrogens is 1. The zero-order valence-corrected chi connectivity index (χ0v) is 17.6. The smallest absolute Gasteiger partial charge is 0.220 e. The van der Waals surface area contributed by atoms with Crippen LogP contribution in [0.3, 0.4) is 0 Å². The number of carbonyl (C=O) groups is 1. The van der Waals surface area contributed by atoms with Crippen LogP contribution in [-0.2, 0) is 17.8 Å². The monoisotopic (exact) mass is 402 g/mol. The van der Waals surface area contributed by atoms with Gasteiger partial charge >= 0.3 is 0 Å². The van der Waals surface area contributed by atoms with E-state index in [4.69, 9.17) is 0 Å². The maximum Gasteiger partial charge on any atom is 0.220 e. The van der Waals surface area contributed by atoms with Crippen molar-refractivity contribution >= 4 is 11.6 Å². The number of likely N-dealkylation sites (N-methyl/N-ethyl adjacent to an activating group) is 1. The molecule has 0 saturated carbocycles. The van der Waals surface area contributed by atoms with Gasteiger partial charge < -0.3 is 20.1 Å². The number of para-hydroxylation sites is 1. The zero-order valence-electron chi connectivity index (χ0n) is 17.6. The molecule has 0 unspecified atom stereocenters. The molecule has 5 heteroatoms. The van der Waals surface area contributed by atoms with Crippen LogP contribution in [0.2, 0.25) is 0 Å². The molecule has 2 aromatic carbocycles. The molecule has 2 N–H and O–H groups in total. The van der Waals surface area contributed by atoms with Gasteiger partial charge in [0.1, 0.15) is 0 Å². The summed E-state index contributed by atoms with van der Waals surface area (Å²) in [7, 11) is 2.16. The molecule has 0 bridgehead atoms.